The van der Waals surface area contributed by atoms with Crippen molar-refractivity contribution in [3.63, 3.8) is 0 Å². The first-order valence-electron chi connectivity index (χ1n) is 10.7. The van der Waals surface area contributed by atoms with E-state index in [-0.39, 0.29) is 23.8 Å². The Morgan fingerprint density at radius 2 is 1.94 bits per heavy atom. The maximum Gasteiger partial charge on any atom is 0.267 e. The molecule has 0 unspecified atom stereocenters. The number of amides is 2. The van der Waals surface area contributed by atoms with E-state index in [0.717, 1.165) is 29.7 Å². The Morgan fingerprint density at radius 3 is 2.69 bits per heavy atom. The fourth-order valence-electron chi connectivity index (χ4n) is 3.65. The van der Waals surface area contributed by atoms with Gasteiger partial charge in [0.25, 0.3) is 11.8 Å². The summed E-state index contributed by atoms with van der Waals surface area (Å²) in [7, 11) is 0. The summed E-state index contributed by atoms with van der Waals surface area (Å²) >= 11 is 5.92. The van der Waals surface area contributed by atoms with Crippen LogP contribution in [0.4, 0.5) is 0 Å². The van der Waals surface area contributed by atoms with E-state index in [4.69, 9.17) is 21.1 Å². The van der Waals surface area contributed by atoms with Crippen LogP contribution in [0.25, 0.3) is 6.08 Å². The third kappa shape index (κ3) is 5.39. The minimum absolute atomic E-state index is 0.00445. The molecule has 0 aliphatic carbocycles. The normalized spacial score (nSPS) is 20.1. The molecule has 2 aromatic carbocycles. The van der Waals surface area contributed by atoms with Crippen molar-refractivity contribution in [3.8, 4) is 5.75 Å². The van der Waals surface area contributed by atoms with Crippen LogP contribution >= 0.6 is 11.6 Å². The van der Waals surface area contributed by atoms with Gasteiger partial charge in [-0.1, -0.05) is 29.8 Å². The average Bonchev–Trinajstić information content (AvgIpc) is 3.31. The number of ether oxygens (including phenoxy) is 2. The molecule has 2 heterocycles. The van der Waals surface area contributed by atoms with Gasteiger partial charge in [0.2, 0.25) is 0 Å². The maximum atomic E-state index is 13.0. The first-order chi connectivity index (χ1) is 15.5. The van der Waals surface area contributed by atoms with Crippen LogP contribution in [0, 0.1) is 0 Å². The molecule has 2 N–H and O–H groups in total. The summed E-state index contributed by atoms with van der Waals surface area (Å²) in [5, 5.41) is 6.16. The van der Waals surface area contributed by atoms with Crippen LogP contribution in [0.2, 0.25) is 5.02 Å². The molecule has 0 radical (unpaired) electrons. The maximum absolute atomic E-state index is 13.0. The van der Waals surface area contributed by atoms with Crippen molar-refractivity contribution in [2.24, 2.45) is 0 Å². The fraction of sp³-hybridized carbons (Fsp3) is 0.280. The van der Waals surface area contributed by atoms with Crippen molar-refractivity contribution in [2.75, 3.05) is 13.2 Å². The third-order valence-corrected chi connectivity index (χ3v) is 5.69. The summed E-state index contributed by atoms with van der Waals surface area (Å²) in [5.41, 5.74) is 2.24. The fourth-order valence-corrected chi connectivity index (χ4v) is 3.78. The lowest BCUT2D eigenvalue weighted by Gasteiger charge is -2.23. The molecule has 6 nitrogen and oxygen atoms in total. The number of rotatable bonds is 6. The van der Waals surface area contributed by atoms with Gasteiger partial charge in [0.05, 0.1) is 6.10 Å². The average molecular weight is 453 g/mol. The minimum atomic E-state index is -0.398. The SMILES string of the molecule is C[C@H]1Oc2ccccc2C=C1/C=C(\NC(=O)c1ccc(Cl)cc1)C(=O)NC[C@@H]1CCCO1. The Bertz CT molecular complexity index is 1060. The second kappa shape index (κ2) is 10.0. The molecule has 2 atom stereocenters. The van der Waals surface area contributed by atoms with Crippen molar-refractivity contribution < 1.29 is 19.1 Å². The van der Waals surface area contributed by atoms with Gasteiger partial charge in [0.1, 0.15) is 17.6 Å². The smallest absolute Gasteiger partial charge is 0.267 e. The monoisotopic (exact) mass is 452 g/mol. The number of carbonyl (C=O) groups excluding carboxylic acids is 2. The van der Waals surface area contributed by atoms with Crippen molar-refractivity contribution in [2.45, 2.75) is 32.0 Å². The van der Waals surface area contributed by atoms with Crippen LogP contribution < -0.4 is 15.4 Å². The zero-order valence-corrected chi connectivity index (χ0v) is 18.5. The molecule has 2 aliphatic rings. The van der Waals surface area contributed by atoms with Crippen molar-refractivity contribution in [1.82, 2.24) is 10.6 Å². The molecule has 2 aromatic rings. The van der Waals surface area contributed by atoms with Crippen LogP contribution in [0.5, 0.6) is 5.75 Å². The Kier molecular flexibility index (Phi) is 6.93. The molecule has 1 fully saturated rings. The topological polar surface area (TPSA) is 76.7 Å². The minimum Gasteiger partial charge on any atom is -0.485 e. The first kappa shape index (κ1) is 22.1. The Hall–Kier alpha value is -3.09. The van der Waals surface area contributed by atoms with Gasteiger partial charge in [-0.2, -0.15) is 0 Å². The lowest BCUT2D eigenvalue weighted by atomic mass is 10.0. The van der Waals surface area contributed by atoms with Gasteiger partial charge in [0, 0.05) is 29.3 Å². The van der Waals surface area contributed by atoms with E-state index in [2.05, 4.69) is 10.6 Å². The van der Waals surface area contributed by atoms with Gasteiger partial charge < -0.3 is 20.1 Å². The zero-order chi connectivity index (χ0) is 22.5. The number of benzene rings is 2. The molecule has 1 saturated heterocycles. The van der Waals surface area contributed by atoms with Crippen LogP contribution in [-0.2, 0) is 9.53 Å². The van der Waals surface area contributed by atoms with E-state index in [1.807, 2.05) is 37.3 Å². The highest BCUT2D eigenvalue weighted by Crippen LogP contribution is 2.30. The van der Waals surface area contributed by atoms with Crippen molar-refractivity contribution in [3.05, 3.63) is 82.0 Å². The highest BCUT2D eigenvalue weighted by Gasteiger charge is 2.22. The van der Waals surface area contributed by atoms with Gasteiger partial charge in [-0.25, -0.2) is 0 Å². The highest BCUT2D eigenvalue weighted by molar-refractivity contribution is 6.30. The van der Waals surface area contributed by atoms with Crippen LogP contribution in [0.15, 0.2) is 65.9 Å². The molecular weight excluding hydrogens is 428 g/mol. The molecule has 32 heavy (non-hydrogen) atoms. The molecule has 0 spiro atoms. The number of nitrogens with one attached hydrogen (secondary N) is 2. The lowest BCUT2D eigenvalue weighted by Crippen LogP contribution is -2.38. The molecular formula is C25H25ClN2O4. The number of halogens is 1. The quantitative estimate of drug-likeness (QED) is 0.646. The van der Waals surface area contributed by atoms with Crippen molar-refractivity contribution >= 4 is 29.5 Å². The number of carbonyl (C=O) groups is 2. The van der Waals surface area contributed by atoms with Crippen LogP contribution in [-0.4, -0.2) is 37.2 Å². The van der Waals surface area contributed by atoms with E-state index >= 15 is 0 Å². The van der Waals surface area contributed by atoms with E-state index < -0.39 is 5.91 Å². The standard InChI is InChI=1S/C25H25ClN2O4/c1-16-19(13-18-5-2-3-7-23(18)32-16)14-22(25(30)27-15-21-6-4-12-31-21)28-24(29)17-8-10-20(26)11-9-17/h2-3,5,7-11,13-14,16,21H,4,6,12,15H2,1H3,(H,27,30)(H,28,29)/b22-14-/t16-,21+/m1/s1. The zero-order valence-electron chi connectivity index (χ0n) is 17.8. The summed E-state index contributed by atoms with van der Waals surface area (Å²) in [4.78, 5) is 25.8. The molecule has 0 bridgehead atoms. The molecule has 2 amide bonds. The lowest BCUT2D eigenvalue weighted by molar-refractivity contribution is -0.118. The Balaban J connectivity index is 1.58. The predicted molar refractivity (Wildman–Crippen MR) is 123 cm³/mol. The summed E-state index contributed by atoms with van der Waals surface area (Å²) < 4.78 is 11.6. The van der Waals surface area contributed by atoms with Crippen LogP contribution in [0.1, 0.15) is 35.7 Å². The van der Waals surface area contributed by atoms with E-state index in [1.165, 1.54) is 0 Å². The highest BCUT2D eigenvalue weighted by atomic mass is 35.5. The predicted octanol–water partition coefficient (Wildman–Crippen LogP) is 4.11. The Labute approximate surface area is 192 Å². The van der Waals surface area contributed by atoms with Crippen LogP contribution in [0.3, 0.4) is 0 Å². The summed E-state index contributed by atoms with van der Waals surface area (Å²) in [5.74, 6) is 0.00655. The largest absolute Gasteiger partial charge is 0.485 e. The molecule has 0 saturated carbocycles. The number of hydrogen-bond acceptors (Lipinski definition) is 4. The van der Waals surface area contributed by atoms with Crippen molar-refractivity contribution in [1.29, 1.82) is 0 Å². The molecule has 7 heteroatoms. The van der Waals surface area contributed by atoms with Gasteiger partial charge in [0.15, 0.2) is 0 Å². The second-order valence-corrected chi connectivity index (χ2v) is 8.24. The van der Waals surface area contributed by atoms with Gasteiger partial charge in [-0.15, -0.1) is 0 Å². The molecule has 0 aromatic heterocycles. The summed E-state index contributed by atoms with van der Waals surface area (Å²) in [6.45, 7) is 3.00. The number of hydrogen-bond donors (Lipinski definition) is 2. The number of para-hydroxylation sites is 1. The Morgan fingerprint density at radius 1 is 1.16 bits per heavy atom. The van der Waals surface area contributed by atoms with E-state index in [0.29, 0.717) is 23.7 Å². The second-order valence-electron chi connectivity index (χ2n) is 7.81. The van der Waals surface area contributed by atoms with E-state index in [1.54, 1.807) is 30.3 Å². The molecule has 4 rings (SSSR count). The third-order valence-electron chi connectivity index (χ3n) is 5.44. The molecule has 2 aliphatic heterocycles. The molecule has 166 valence electrons. The first-order valence-corrected chi connectivity index (χ1v) is 11.0. The number of fused-ring (bicyclic) bond motifs is 1. The summed E-state index contributed by atoms with van der Waals surface area (Å²) in [6.07, 6.45) is 5.24. The van der Waals surface area contributed by atoms with Gasteiger partial charge in [-0.05, 0) is 67.8 Å². The van der Waals surface area contributed by atoms with E-state index in [9.17, 15) is 9.59 Å². The van der Waals surface area contributed by atoms with Gasteiger partial charge in [-0.3, -0.25) is 9.59 Å². The van der Waals surface area contributed by atoms with Gasteiger partial charge >= 0.3 is 0 Å². The summed E-state index contributed by atoms with van der Waals surface area (Å²) in [6, 6.07) is 14.2.